The molecule has 0 fully saturated rings. The van der Waals surface area contributed by atoms with Crippen molar-refractivity contribution in [3.05, 3.63) is 95.1 Å². The van der Waals surface area contributed by atoms with E-state index >= 15 is 0 Å². The first-order chi connectivity index (χ1) is 28.0. The Bertz CT molecular complexity index is 1910. The van der Waals surface area contributed by atoms with Crippen LogP contribution in [0.1, 0.15) is 48.2 Å². The van der Waals surface area contributed by atoms with Crippen LogP contribution in [-0.2, 0) is 22.4 Å². The van der Waals surface area contributed by atoms with Crippen LogP contribution in [0.4, 0.5) is 0 Å². The number of nitrogens with zero attached hydrogens (tertiary/aromatic N) is 2. The van der Waals surface area contributed by atoms with Crippen LogP contribution >= 0.6 is 0 Å². The smallest absolute Gasteiger partial charge is 0.414 e. The van der Waals surface area contributed by atoms with Gasteiger partial charge < -0.3 is 48.1 Å². The van der Waals surface area contributed by atoms with E-state index in [9.17, 15) is 0 Å². The number of rotatable bonds is 8. The van der Waals surface area contributed by atoms with Gasteiger partial charge in [0.2, 0.25) is 0 Å². The summed E-state index contributed by atoms with van der Waals surface area (Å²) in [5.41, 5.74) is 5.26. The van der Waals surface area contributed by atoms with Crippen molar-refractivity contribution in [3.8, 4) is 46.0 Å². The molecule has 4 aromatic carbocycles. The lowest BCUT2D eigenvalue weighted by Crippen LogP contribution is -2.44. The van der Waals surface area contributed by atoms with Gasteiger partial charge in [-0.25, -0.2) is 9.59 Å². The van der Waals surface area contributed by atoms with Crippen LogP contribution in [-0.4, -0.2) is 112 Å². The zero-order valence-electron chi connectivity index (χ0n) is 33.8. The first-order valence-corrected chi connectivity index (χ1v) is 19.2. The normalized spacial score (nSPS) is 20.3. The summed E-state index contributed by atoms with van der Waals surface area (Å²) in [6, 6.07) is 24.7. The highest BCUT2D eigenvalue weighted by molar-refractivity contribution is 6.27. The number of methoxy groups -OCH3 is 4. The lowest BCUT2D eigenvalue weighted by Gasteiger charge is -2.38. The average Bonchev–Trinajstić information content (AvgIpc) is 3.25. The van der Waals surface area contributed by atoms with Gasteiger partial charge in [-0.3, -0.25) is 9.80 Å². The molecule has 4 heterocycles. The van der Waals surface area contributed by atoms with Gasteiger partial charge in [0.25, 0.3) is 0 Å². The van der Waals surface area contributed by atoms with E-state index in [0.717, 1.165) is 85.0 Å². The van der Waals surface area contributed by atoms with Gasteiger partial charge in [0, 0.05) is 38.3 Å². The average molecular weight is 801 g/mol. The third-order valence-corrected chi connectivity index (χ3v) is 10.8. The van der Waals surface area contributed by atoms with Gasteiger partial charge in [-0.2, -0.15) is 0 Å². The summed E-state index contributed by atoms with van der Waals surface area (Å²) in [7, 11) is 6.72. The Morgan fingerprint density at radius 1 is 0.586 bits per heavy atom. The second-order valence-electron chi connectivity index (χ2n) is 14.3. The standard InChI is InChI=1S/2C21H25NO4.C2H2O4/c2*1-14-17-11-21(24-3)20(23-2)10-15(17)8-9-22(14)12-16-13-25-18-6-4-5-7-19(18)26-16;3-1(4)2(5)6/h2*4-7,10-11,14,16H,8-9,12-13H2,1-3H3;(H,3,4)(H,5,6). The van der Waals surface area contributed by atoms with Gasteiger partial charge in [-0.15, -0.1) is 0 Å². The zero-order chi connectivity index (χ0) is 41.3. The van der Waals surface area contributed by atoms with Crippen LogP contribution in [0.15, 0.2) is 72.8 Å². The summed E-state index contributed by atoms with van der Waals surface area (Å²) in [5.74, 6) is 2.85. The van der Waals surface area contributed by atoms with Crippen molar-refractivity contribution in [1.82, 2.24) is 9.80 Å². The zero-order valence-corrected chi connectivity index (χ0v) is 33.8. The third-order valence-electron chi connectivity index (χ3n) is 10.8. The molecule has 310 valence electrons. The van der Waals surface area contributed by atoms with Gasteiger partial charge in [-0.05, 0) is 97.5 Å². The Hall–Kier alpha value is -5.86. The number of fused-ring (bicyclic) bond motifs is 4. The molecule has 4 atom stereocenters. The fourth-order valence-corrected chi connectivity index (χ4v) is 7.72. The van der Waals surface area contributed by atoms with E-state index in [0.29, 0.717) is 25.3 Å². The van der Waals surface area contributed by atoms with Gasteiger partial charge in [-0.1, -0.05) is 24.3 Å². The van der Waals surface area contributed by atoms with Gasteiger partial charge >= 0.3 is 11.9 Å². The molecular weight excluding hydrogens is 748 g/mol. The predicted octanol–water partition coefficient (Wildman–Crippen LogP) is 6.08. The summed E-state index contributed by atoms with van der Waals surface area (Å²) in [5, 5.41) is 14.8. The highest BCUT2D eigenvalue weighted by Crippen LogP contribution is 2.40. The minimum Gasteiger partial charge on any atom is -0.493 e. The number of carboxylic acids is 2. The largest absolute Gasteiger partial charge is 0.493 e. The van der Waals surface area contributed by atoms with Crippen LogP contribution in [0.3, 0.4) is 0 Å². The van der Waals surface area contributed by atoms with E-state index in [4.69, 9.17) is 57.7 Å². The summed E-state index contributed by atoms with van der Waals surface area (Å²) < 4.78 is 45.9. The Balaban J connectivity index is 0.000000172. The molecule has 4 aliphatic rings. The molecule has 0 spiro atoms. The van der Waals surface area contributed by atoms with Crippen LogP contribution in [0.2, 0.25) is 0 Å². The maximum absolute atomic E-state index is 9.10. The summed E-state index contributed by atoms with van der Waals surface area (Å²) in [6.45, 7) is 9.30. The molecule has 0 amide bonds. The molecule has 4 aliphatic heterocycles. The van der Waals surface area contributed by atoms with Gasteiger partial charge in [0.1, 0.15) is 25.4 Å². The minimum absolute atomic E-state index is 0.0362. The third kappa shape index (κ3) is 9.63. The first-order valence-electron chi connectivity index (χ1n) is 19.2. The SMILES string of the molecule is COc1cc2c(cc1OC)C(C)N(CC1COc3ccccc3O1)CC2.COc1cc2c(cc1OC)C(C)N(CC1COc3ccccc3O1)CC2.O=C(O)C(=O)O. The van der Waals surface area contributed by atoms with E-state index in [1.54, 1.807) is 28.4 Å². The second kappa shape index (κ2) is 19.1. The molecule has 2 N–H and O–H groups in total. The Labute approximate surface area is 338 Å². The monoisotopic (exact) mass is 800 g/mol. The number of carbonyl (C=O) groups is 2. The number of para-hydroxylation sites is 4. The van der Waals surface area contributed by atoms with Crippen molar-refractivity contribution in [3.63, 3.8) is 0 Å². The van der Waals surface area contributed by atoms with Crippen LogP contribution in [0.5, 0.6) is 46.0 Å². The molecule has 4 aromatic rings. The molecule has 4 unspecified atom stereocenters. The maximum atomic E-state index is 9.10. The summed E-state index contributed by atoms with van der Waals surface area (Å²) in [4.78, 5) is 23.1. The van der Waals surface area contributed by atoms with Crippen LogP contribution < -0.4 is 37.9 Å². The summed E-state index contributed by atoms with van der Waals surface area (Å²) in [6.07, 6.45) is 2.05. The lowest BCUT2D eigenvalue weighted by molar-refractivity contribution is -0.159. The molecule has 0 aliphatic carbocycles. The molecule has 0 saturated heterocycles. The Morgan fingerprint density at radius 2 is 0.931 bits per heavy atom. The number of ether oxygens (including phenoxy) is 8. The molecule has 0 saturated carbocycles. The minimum atomic E-state index is -1.82. The van der Waals surface area contributed by atoms with E-state index in [-0.39, 0.29) is 12.2 Å². The predicted molar refractivity (Wildman–Crippen MR) is 214 cm³/mol. The van der Waals surface area contributed by atoms with Gasteiger partial charge in [0.15, 0.2) is 46.0 Å². The van der Waals surface area contributed by atoms with E-state index in [1.807, 2.05) is 48.5 Å². The number of carboxylic acid groups (broad SMARTS) is 2. The Kier molecular flexibility index (Phi) is 13.7. The second-order valence-corrected chi connectivity index (χ2v) is 14.3. The van der Waals surface area contributed by atoms with Crippen molar-refractivity contribution >= 4 is 11.9 Å². The highest BCUT2D eigenvalue weighted by atomic mass is 16.6. The molecule has 0 aromatic heterocycles. The lowest BCUT2D eigenvalue weighted by atomic mass is 9.92. The van der Waals surface area contributed by atoms with Crippen molar-refractivity contribution < 1.29 is 57.7 Å². The van der Waals surface area contributed by atoms with E-state index in [1.165, 1.54) is 22.3 Å². The molecule has 8 rings (SSSR count). The van der Waals surface area contributed by atoms with Crippen LogP contribution in [0.25, 0.3) is 0 Å². The molecule has 14 heteroatoms. The van der Waals surface area contributed by atoms with E-state index in [2.05, 4.69) is 47.9 Å². The molecule has 14 nitrogen and oxygen atoms in total. The summed E-state index contributed by atoms with van der Waals surface area (Å²) >= 11 is 0. The highest BCUT2D eigenvalue weighted by Gasteiger charge is 2.32. The van der Waals surface area contributed by atoms with Crippen molar-refractivity contribution in [1.29, 1.82) is 0 Å². The molecule has 58 heavy (non-hydrogen) atoms. The van der Waals surface area contributed by atoms with Gasteiger partial charge in [0.05, 0.1) is 28.4 Å². The fourth-order valence-electron chi connectivity index (χ4n) is 7.72. The number of benzene rings is 4. The Morgan fingerprint density at radius 3 is 1.28 bits per heavy atom. The fraction of sp³-hybridized carbons (Fsp3) is 0.409. The van der Waals surface area contributed by atoms with E-state index < -0.39 is 11.9 Å². The maximum Gasteiger partial charge on any atom is 0.414 e. The van der Waals surface area contributed by atoms with Crippen LogP contribution in [0, 0.1) is 0 Å². The molecule has 0 bridgehead atoms. The molecule has 0 radical (unpaired) electrons. The number of hydrogen-bond acceptors (Lipinski definition) is 12. The van der Waals surface area contributed by atoms with Crippen molar-refractivity contribution in [2.24, 2.45) is 0 Å². The number of hydrogen-bond donors (Lipinski definition) is 2. The van der Waals surface area contributed by atoms with Crippen molar-refractivity contribution in [2.45, 2.75) is 51.0 Å². The van der Waals surface area contributed by atoms with Crippen molar-refractivity contribution in [2.75, 3.05) is 67.8 Å². The number of aliphatic carboxylic acids is 2. The topological polar surface area (TPSA) is 155 Å². The quantitative estimate of drug-likeness (QED) is 0.198. The first kappa shape index (κ1) is 41.8. The molecular formula is C44H52N2O12.